The third kappa shape index (κ3) is 4.87. The standard InChI is InChI=1S/C20H19BrN2O3S/c1-14-5-7-15(8-6-14)23(12-16-4-3-11-26-16)19(24)13-22(2)20(25)17-9-10-18(21)27-17/h3-11H,12-13H2,1-2H3. The summed E-state index contributed by atoms with van der Waals surface area (Å²) in [7, 11) is 1.63. The van der Waals surface area contributed by atoms with Crippen LogP contribution in [0.25, 0.3) is 0 Å². The van der Waals surface area contributed by atoms with Crippen molar-refractivity contribution in [2.24, 2.45) is 0 Å². The number of carbonyl (C=O) groups excluding carboxylic acids is 2. The highest BCUT2D eigenvalue weighted by atomic mass is 79.9. The first-order valence-corrected chi connectivity index (χ1v) is 9.95. The summed E-state index contributed by atoms with van der Waals surface area (Å²) in [6.45, 7) is 2.28. The number of hydrogen-bond acceptors (Lipinski definition) is 4. The molecule has 27 heavy (non-hydrogen) atoms. The number of amides is 2. The summed E-state index contributed by atoms with van der Waals surface area (Å²) in [5.74, 6) is 0.322. The van der Waals surface area contributed by atoms with E-state index >= 15 is 0 Å². The van der Waals surface area contributed by atoms with E-state index in [4.69, 9.17) is 4.42 Å². The molecule has 0 N–H and O–H groups in total. The Hall–Kier alpha value is -2.38. The highest BCUT2D eigenvalue weighted by Gasteiger charge is 2.22. The van der Waals surface area contributed by atoms with Crippen LogP contribution in [0.4, 0.5) is 5.69 Å². The van der Waals surface area contributed by atoms with Crippen LogP contribution in [0.1, 0.15) is 21.0 Å². The van der Waals surface area contributed by atoms with Gasteiger partial charge in [-0.25, -0.2) is 0 Å². The number of nitrogens with zero attached hydrogens (tertiary/aromatic N) is 2. The van der Waals surface area contributed by atoms with E-state index in [1.165, 1.54) is 16.2 Å². The Morgan fingerprint density at radius 2 is 1.85 bits per heavy atom. The number of likely N-dealkylation sites (N-methyl/N-ethyl adjacent to an activating group) is 1. The predicted octanol–water partition coefficient (Wildman–Crippen LogP) is 4.72. The van der Waals surface area contributed by atoms with Gasteiger partial charge in [0.25, 0.3) is 5.91 Å². The maximum atomic E-state index is 13.0. The zero-order valence-electron chi connectivity index (χ0n) is 15.0. The molecule has 3 rings (SSSR count). The summed E-state index contributed by atoms with van der Waals surface area (Å²) in [5, 5.41) is 0. The molecule has 1 aromatic carbocycles. The zero-order valence-corrected chi connectivity index (χ0v) is 17.4. The van der Waals surface area contributed by atoms with Gasteiger partial charge in [0.2, 0.25) is 5.91 Å². The van der Waals surface area contributed by atoms with Crippen LogP contribution in [-0.4, -0.2) is 30.3 Å². The number of halogens is 1. The molecule has 0 radical (unpaired) electrons. The molecule has 2 amide bonds. The Balaban J connectivity index is 1.77. The van der Waals surface area contributed by atoms with Crippen molar-refractivity contribution in [1.29, 1.82) is 0 Å². The van der Waals surface area contributed by atoms with Crippen molar-refractivity contribution < 1.29 is 14.0 Å². The average molecular weight is 447 g/mol. The Kier molecular flexibility index (Phi) is 6.13. The van der Waals surface area contributed by atoms with Crippen molar-refractivity contribution in [3.63, 3.8) is 0 Å². The summed E-state index contributed by atoms with van der Waals surface area (Å²) in [5.41, 5.74) is 1.88. The molecule has 0 unspecified atom stereocenters. The summed E-state index contributed by atoms with van der Waals surface area (Å²) < 4.78 is 6.29. The number of hydrogen-bond donors (Lipinski definition) is 0. The number of furan rings is 1. The molecular weight excluding hydrogens is 428 g/mol. The highest BCUT2D eigenvalue weighted by molar-refractivity contribution is 9.11. The molecule has 0 aliphatic rings. The maximum Gasteiger partial charge on any atom is 0.264 e. The molecule has 5 nitrogen and oxygen atoms in total. The highest BCUT2D eigenvalue weighted by Crippen LogP contribution is 2.23. The fraction of sp³-hybridized carbons (Fsp3) is 0.200. The SMILES string of the molecule is Cc1ccc(N(Cc2ccco2)C(=O)CN(C)C(=O)c2ccc(Br)s2)cc1. The van der Waals surface area contributed by atoms with Gasteiger partial charge < -0.3 is 14.2 Å². The van der Waals surface area contributed by atoms with Gasteiger partial charge in [-0.15, -0.1) is 11.3 Å². The van der Waals surface area contributed by atoms with Gasteiger partial charge in [0.1, 0.15) is 12.3 Å². The van der Waals surface area contributed by atoms with Gasteiger partial charge in [0.15, 0.2) is 0 Å². The van der Waals surface area contributed by atoms with Crippen molar-refractivity contribution in [3.8, 4) is 0 Å². The lowest BCUT2D eigenvalue weighted by molar-refractivity contribution is -0.119. The van der Waals surface area contributed by atoms with Crippen LogP contribution in [0, 0.1) is 6.92 Å². The minimum atomic E-state index is -0.180. The molecule has 0 aliphatic carbocycles. The first-order chi connectivity index (χ1) is 12.9. The van der Waals surface area contributed by atoms with E-state index in [-0.39, 0.29) is 18.4 Å². The van der Waals surface area contributed by atoms with Crippen molar-refractivity contribution in [2.45, 2.75) is 13.5 Å². The third-order valence-electron chi connectivity index (χ3n) is 4.04. The smallest absolute Gasteiger partial charge is 0.264 e. The number of benzene rings is 1. The lowest BCUT2D eigenvalue weighted by Gasteiger charge is -2.25. The Labute approximate surface area is 170 Å². The topological polar surface area (TPSA) is 53.8 Å². The van der Waals surface area contributed by atoms with Gasteiger partial charge in [0, 0.05) is 12.7 Å². The second kappa shape index (κ2) is 8.54. The number of carbonyl (C=O) groups is 2. The third-order valence-corrected chi connectivity index (χ3v) is 5.66. The van der Waals surface area contributed by atoms with Gasteiger partial charge in [-0.2, -0.15) is 0 Å². The minimum Gasteiger partial charge on any atom is -0.467 e. The van der Waals surface area contributed by atoms with Crippen molar-refractivity contribution in [1.82, 2.24) is 4.90 Å². The fourth-order valence-corrected chi connectivity index (χ4v) is 3.96. The number of aryl methyl sites for hydroxylation is 1. The van der Waals surface area contributed by atoms with E-state index in [0.717, 1.165) is 15.0 Å². The molecule has 0 saturated carbocycles. The molecule has 2 heterocycles. The van der Waals surface area contributed by atoms with Crippen LogP contribution >= 0.6 is 27.3 Å². The fourth-order valence-electron chi connectivity index (χ4n) is 2.58. The molecule has 140 valence electrons. The molecule has 7 heteroatoms. The van der Waals surface area contributed by atoms with E-state index < -0.39 is 0 Å². The average Bonchev–Trinajstić information content (AvgIpc) is 3.31. The summed E-state index contributed by atoms with van der Waals surface area (Å²) in [4.78, 5) is 29.2. The lowest BCUT2D eigenvalue weighted by atomic mass is 10.2. The Morgan fingerprint density at radius 3 is 2.44 bits per heavy atom. The van der Waals surface area contributed by atoms with Crippen LogP contribution in [-0.2, 0) is 11.3 Å². The summed E-state index contributed by atoms with van der Waals surface area (Å²) in [6, 6.07) is 14.9. The van der Waals surface area contributed by atoms with Gasteiger partial charge in [-0.3, -0.25) is 9.59 Å². The molecule has 0 aliphatic heterocycles. The van der Waals surface area contributed by atoms with Crippen molar-refractivity contribution in [3.05, 3.63) is 74.8 Å². The number of rotatable bonds is 6. The van der Waals surface area contributed by atoms with Crippen molar-refractivity contribution >= 4 is 44.8 Å². The molecule has 3 aromatic rings. The van der Waals surface area contributed by atoms with Gasteiger partial charge in [-0.05, 0) is 59.3 Å². The molecule has 0 saturated heterocycles. The van der Waals surface area contributed by atoms with Gasteiger partial charge >= 0.3 is 0 Å². The first-order valence-electron chi connectivity index (χ1n) is 8.34. The first kappa shape index (κ1) is 19.4. The summed E-state index contributed by atoms with van der Waals surface area (Å²) >= 11 is 4.70. The van der Waals surface area contributed by atoms with E-state index in [0.29, 0.717) is 17.2 Å². The zero-order chi connectivity index (χ0) is 19.4. The van der Waals surface area contributed by atoms with E-state index in [1.807, 2.05) is 43.3 Å². The maximum absolute atomic E-state index is 13.0. The normalized spacial score (nSPS) is 10.6. The van der Waals surface area contributed by atoms with Gasteiger partial charge in [0.05, 0.1) is 21.5 Å². The second-order valence-corrected chi connectivity index (χ2v) is 8.62. The second-order valence-electron chi connectivity index (χ2n) is 6.16. The molecule has 0 bridgehead atoms. The number of thiophene rings is 1. The van der Waals surface area contributed by atoms with E-state index in [2.05, 4.69) is 15.9 Å². The van der Waals surface area contributed by atoms with Crippen LogP contribution in [0.2, 0.25) is 0 Å². The predicted molar refractivity (Wildman–Crippen MR) is 110 cm³/mol. The van der Waals surface area contributed by atoms with E-state index in [1.54, 1.807) is 30.3 Å². The quantitative estimate of drug-likeness (QED) is 0.550. The number of anilines is 1. The van der Waals surface area contributed by atoms with Gasteiger partial charge in [-0.1, -0.05) is 17.7 Å². The molecule has 0 atom stereocenters. The Bertz CT molecular complexity index is 919. The Morgan fingerprint density at radius 1 is 1.11 bits per heavy atom. The van der Waals surface area contributed by atoms with Crippen LogP contribution < -0.4 is 4.90 Å². The lowest BCUT2D eigenvalue weighted by Crippen LogP contribution is -2.40. The van der Waals surface area contributed by atoms with Crippen LogP contribution in [0.3, 0.4) is 0 Å². The monoisotopic (exact) mass is 446 g/mol. The molecule has 0 spiro atoms. The molecular formula is C20H19BrN2O3S. The van der Waals surface area contributed by atoms with Crippen LogP contribution in [0.15, 0.2) is 63.0 Å². The van der Waals surface area contributed by atoms with Crippen LogP contribution in [0.5, 0.6) is 0 Å². The summed E-state index contributed by atoms with van der Waals surface area (Å²) in [6.07, 6.45) is 1.58. The van der Waals surface area contributed by atoms with E-state index in [9.17, 15) is 9.59 Å². The molecule has 2 aromatic heterocycles. The molecule has 0 fully saturated rings. The minimum absolute atomic E-state index is 0.0249. The largest absolute Gasteiger partial charge is 0.467 e. The van der Waals surface area contributed by atoms with Crippen molar-refractivity contribution in [2.75, 3.05) is 18.5 Å².